The molecule has 4 rings (SSSR count). The number of esters is 1. The minimum Gasteiger partial charge on any atom is -0.472 e. The number of hydrogen-bond acceptors (Lipinski definition) is 6. The van der Waals surface area contributed by atoms with Crippen LogP contribution in [-0.4, -0.2) is 49.2 Å². The third-order valence-corrected chi connectivity index (χ3v) is 5.95. The number of amides is 2. The molecule has 0 radical (unpaired) electrons. The number of ether oxygens (including phenoxy) is 3. The van der Waals surface area contributed by atoms with E-state index in [-0.39, 0.29) is 36.1 Å². The van der Waals surface area contributed by atoms with E-state index >= 15 is 0 Å². The minimum absolute atomic E-state index is 0.0166. The van der Waals surface area contributed by atoms with Crippen LogP contribution in [0, 0.1) is 17.8 Å². The zero-order chi connectivity index (χ0) is 19.8. The molecule has 1 aliphatic carbocycles. The summed E-state index contributed by atoms with van der Waals surface area (Å²) >= 11 is 0. The standard InChI is InChI=1S/C21H23NO6/c1-3-27-21-17-12(8-9-13(17)16(11-28-21)20(25)26-2)10-22-18(23)14-6-4-5-7-15(14)19(22)24/h4-7,11-13,17,21H,3,8-10H2,1-2H3. The molecule has 148 valence electrons. The number of nitrogens with zero attached hydrogens (tertiary/aromatic N) is 1. The van der Waals surface area contributed by atoms with E-state index in [2.05, 4.69) is 0 Å². The van der Waals surface area contributed by atoms with Crippen molar-refractivity contribution in [1.82, 2.24) is 4.90 Å². The Morgan fingerprint density at radius 1 is 1.18 bits per heavy atom. The first-order chi connectivity index (χ1) is 13.6. The van der Waals surface area contributed by atoms with Crippen LogP contribution < -0.4 is 0 Å². The van der Waals surface area contributed by atoms with E-state index in [1.807, 2.05) is 6.92 Å². The molecule has 4 atom stereocenters. The van der Waals surface area contributed by atoms with Crippen LogP contribution in [0.5, 0.6) is 0 Å². The Morgan fingerprint density at radius 3 is 2.46 bits per heavy atom. The van der Waals surface area contributed by atoms with Crippen molar-refractivity contribution < 1.29 is 28.6 Å². The second-order valence-corrected chi connectivity index (χ2v) is 7.31. The van der Waals surface area contributed by atoms with Gasteiger partial charge in [0.25, 0.3) is 11.8 Å². The lowest BCUT2D eigenvalue weighted by Crippen LogP contribution is -2.43. The fourth-order valence-corrected chi connectivity index (χ4v) is 4.68. The first-order valence-corrected chi connectivity index (χ1v) is 9.57. The largest absolute Gasteiger partial charge is 0.472 e. The van der Waals surface area contributed by atoms with Crippen molar-refractivity contribution in [2.75, 3.05) is 20.3 Å². The van der Waals surface area contributed by atoms with Gasteiger partial charge in [0.15, 0.2) is 0 Å². The molecule has 0 N–H and O–H groups in total. The van der Waals surface area contributed by atoms with Gasteiger partial charge in [-0.3, -0.25) is 14.5 Å². The van der Waals surface area contributed by atoms with Gasteiger partial charge in [0.1, 0.15) is 0 Å². The number of rotatable bonds is 5. The predicted octanol–water partition coefficient (Wildman–Crippen LogP) is 2.37. The molecular formula is C21H23NO6. The molecule has 0 saturated heterocycles. The Balaban J connectivity index is 1.58. The average molecular weight is 385 g/mol. The summed E-state index contributed by atoms with van der Waals surface area (Å²) in [6.07, 6.45) is 2.46. The monoisotopic (exact) mass is 385 g/mol. The molecule has 0 bridgehead atoms. The van der Waals surface area contributed by atoms with Crippen LogP contribution in [0.25, 0.3) is 0 Å². The second-order valence-electron chi connectivity index (χ2n) is 7.31. The minimum atomic E-state index is -0.508. The summed E-state index contributed by atoms with van der Waals surface area (Å²) in [7, 11) is 1.35. The summed E-state index contributed by atoms with van der Waals surface area (Å²) in [6, 6.07) is 6.87. The van der Waals surface area contributed by atoms with Gasteiger partial charge >= 0.3 is 5.97 Å². The highest BCUT2D eigenvalue weighted by Crippen LogP contribution is 2.47. The summed E-state index contributed by atoms with van der Waals surface area (Å²) in [5, 5.41) is 0. The number of benzene rings is 1. The van der Waals surface area contributed by atoms with Crippen LogP contribution in [0.15, 0.2) is 36.1 Å². The first-order valence-electron chi connectivity index (χ1n) is 9.57. The molecule has 1 aromatic carbocycles. The van der Waals surface area contributed by atoms with E-state index in [4.69, 9.17) is 14.2 Å². The molecule has 4 unspecified atom stereocenters. The van der Waals surface area contributed by atoms with Crippen molar-refractivity contribution in [1.29, 1.82) is 0 Å². The molecule has 0 spiro atoms. The highest BCUT2D eigenvalue weighted by Gasteiger charge is 2.50. The van der Waals surface area contributed by atoms with Gasteiger partial charge in [-0.25, -0.2) is 4.79 Å². The average Bonchev–Trinajstić information content (AvgIpc) is 3.24. The summed E-state index contributed by atoms with van der Waals surface area (Å²) in [5.74, 6) is -1.15. The molecule has 3 aliphatic rings. The molecule has 2 aliphatic heterocycles. The van der Waals surface area contributed by atoms with Crippen molar-refractivity contribution in [2.45, 2.75) is 26.1 Å². The number of fused-ring (bicyclic) bond motifs is 2. The smallest absolute Gasteiger partial charge is 0.337 e. The molecule has 1 fully saturated rings. The molecule has 1 saturated carbocycles. The maximum absolute atomic E-state index is 12.7. The van der Waals surface area contributed by atoms with Gasteiger partial charge in [-0.15, -0.1) is 0 Å². The first kappa shape index (κ1) is 18.7. The van der Waals surface area contributed by atoms with Gasteiger partial charge in [0.2, 0.25) is 6.29 Å². The van der Waals surface area contributed by atoms with Crippen LogP contribution in [0.1, 0.15) is 40.5 Å². The summed E-state index contributed by atoms with van der Waals surface area (Å²) in [6.45, 7) is 2.63. The van der Waals surface area contributed by atoms with Crippen molar-refractivity contribution in [3.63, 3.8) is 0 Å². The van der Waals surface area contributed by atoms with E-state index in [1.54, 1.807) is 24.3 Å². The summed E-state index contributed by atoms with van der Waals surface area (Å²) in [5.41, 5.74) is 1.38. The summed E-state index contributed by atoms with van der Waals surface area (Å²) in [4.78, 5) is 38.9. The van der Waals surface area contributed by atoms with Crippen LogP contribution in [0.2, 0.25) is 0 Å². The van der Waals surface area contributed by atoms with Crippen molar-refractivity contribution in [3.8, 4) is 0 Å². The van der Waals surface area contributed by atoms with Crippen molar-refractivity contribution >= 4 is 17.8 Å². The second kappa shape index (κ2) is 7.39. The van der Waals surface area contributed by atoms with E-state index in [1.165, 1.54) is 18.3 Å². The number of imide groups is 1. The highest BCUT2D eigenvalue weighted by atomic mass is 16.7. The van der Waals surface area contributed by atoms with Gasteiger partial charge in [0.05, 0.1) is 30.1 Å². The van der Waals surface area contributed by atoms with Crippen molar-refractivity contribution in [2.24, 2.45) is 17.8 Å². The number of hydrogen-bond donors (Lipinski definition) is 0. The normalized spacial score (nSPS) is 28.5. The topological polar surface area (TPSA) is 82.1 Å². The maximum Gasteiger partial charge on any atom is 0.337 e. The molecule has 7 nitrogen and oxygen atoms in total. The fraction of sp³-hybridized carbons (Fsp3) is 0.476. The van der Waals surface area contributed by atoms with E-state index < -0.39 is 12.3 Å². The highest BCUT2D eigenvalue weighted by molar-refractivity contribution is 6.21. The van der Waals surface area contributed by atoms with Gasteiger partial charge < -0.3 is 14.2 Å². The lowest BCUT2D eigenvalue weighted by Gasteiger charge is -2.36. The zero-order valence-corrected chi connectivity index (χ0v) is 15.9. The third-order valence-electron chi connectivity index (χ3n) is 5.95. The van der Waals surface area contributed by atoms with E-state index in [9.17, 15) is 14.4 Å². The van der Waals surface area contributed by atoms with Gasteiger partial charge in [-0.1, -0.05) is 12.1 Å². The molecular weight excluding hydrogens is 362 g/mol. The number of methoxy groups -OCH3 is 1. The third kappa shape index (κ3) is 2.90. The Morgan fingerprint density at radius 2 is 1.86 bits per heavy atom. The number of carbonyl (C=O) groups is 3. The number of carbonyl (C=O) groups excluding carboxylic acids is 3. The molecule has 0 aromatic heterocycles. The van der Waals surface area contributed by atoms with Gasteiger partial charge in [-0.2, -0.15) is 0 Å². The summed E-state index contributed by atoms with van der Waals surface area (Å²) < 4.78 is 16.4. The Kier molecular flexibility index (Phi) is 4.93. The van der Waals surface area contributed by atoms with Crippen molar-refractivity contribution in [3.05, 3.63) is 47.2 Å². The van der Waals surface area contributed by atoms with E-state index in [0.717, 1.165) is 12.8 Å². The Bertz CT molecular complexity index is 812. The van der Waals surface area contributed by atoms with Gasteiger partial charge in [-0.05, 0) is 37.8 Å². The zero-order valence-electron chi connectivity index (χ0n) is 15.9. The fourth-order valence-electron chi connectivity index (χ4n) is 4.68. The van der Waals surface area contributed by atoms with Crippen LogP contribution >= 0.6 is 0 Å². The molecule has 2 amide bonds. The molecule has 2 heterocycles. The van der Waals surface area contributed by atoms with Crippen LogP contribution in [-0.2, 0) is 19.0 Å². The van der Waals surface area contributed by atoms with E-state index in [0.29, 0.717) is 23.3 Å². The van der Waals surface area contributed by atoms with Crippen LogP contribution in [0.3, 0.4) is 0 Å². The van der Waals surface area contributed by atoms with Gasteiger partial charge in [0, 0.05) is 25.0 Å². The van der Waals surface area contributed by atoms with Crippen LogP contribution in [0.4, 0.5) is 0 Å². The SMILES string of the molecule is CCOC1OC=C(C(=O)OC)C2CCC(CN3C(=O)c4ccccc4C3=O)C12. The molecule has 7 heteroatoms. The quantitative estimate of drug-likeness (QED) is 0.572. The lowest BCUT2D eigenvalue weighted by molar-refractivity contribution is -0.166. The Hall–Kier alpha value is -2.67. The Labute approximate surface area is 163 Å². The molecule has 28 heavy (non-hydrogen) atoms. The predicted molar refractivity (Wildman–Crippen MR) is 98.1 cm³/mol. The molecule has 1 aromatic rings. The maximum atomic E-state index is 12.7. The lowest BCUT2D eigenvalue weighted by atomic mass is 9.82.